The minimum atomic E-state index is 0.299. The molecule has 0 bridgehead atoms. The maximum absolute atomic E-state index is 6.16. The van der Waals surface area contributed by atoms with E-state index in [2.05, 4.69) is 33.9 Å². The maximum Gasteiger partial charge on any atom is 0.347 e. The molecule has 3 aliphatic heterocycles. The third-order valence-electron chi connectivity index (χ3n) is 5.48. The summed E-state index contributed by atoms with van der Waals surface area (Å²) in [6.07, 6.45) is 9.87. The van der Waals surface area contributed by atoms with Crippen molar-refractivity contribution in [2.45, 2.75) is 31.7 Å². The van der Waals surface area contributed by atoms with Gasteiger partial charge in [-0.1, -0.05) is 18.0 Å². The van der Waals surface area contributed by atoms with Gasteiger partial charge in [-0.2, -0.15) is 9.99 Å². The molecule has 0 saturated carbocycles. The van der Waals surface area contributed by atoms with Gasteiger partial charge in [0, 0.05) is 69.5 Å². The molecule has 1 atom stereocenters. The number of hydrazine groups is 1. The summed E-state index contributed by atoms with van der Waals surface area (Å²) in [7, 11) is 0. The average Bonchev–Trinajstić information content (AvgIpc) is 3.06. The summed E-state index contributed by atoms with van der Waals surface area (Å²) in [6.45, 7) is 5.77. The molecule has 0 radical (unpaired) electrons. The van der Waals surface area contributed by atoms with Crippen molar-refractivity contribution in [2.24, 2.45) is 0 Å². The van der Waals surface area contributed by atoms with Gasteiger partial charge in [-0.05, 0) is 18.9 Å². The summed E-state index contributed by atoms with van der Waals surface area (Å²) >= 11 is 1.73. The van der Waals surface area contributed by atoms with Crippen LogP contribution in [0.4, 0.5) is 11.8 Å². The van der Waals surface area contributed by atoms with Crippen molar-refractivity contribution < 1.29 is 4.84 Å². The van der Waals surface area contributed by atoms with E-state index in [0.717, 1.165) is 57.9 Å². The summed E-state index contributed by atoms with van der Waals surface area (Å²) in [5, 5.41) is 7.27. The second kappa shape index (κ2) is 9.29. The average molecular weight is 430 g/mol. The molecule has 0 aliphatic carbocycles. The number of nitrogens with one attached hydrogen (secondary N) is 1. The van der Waals surface area contributed by atoms with Gasteiger partial charge in [0.05, 0.1) is 12.6 Å². The largest absolute Gasteiger partial charge is 0.347 e. The molecule has 0 aromatic carbocycles. The predicted molar refractivity (Wildman–Crippen MR) is 116 cm³/mol. The van der Waals surface area contributed by atoms with Crippen LogP contribution in [0.3, 0.4) is 0 Å². The van der Waals surface area contributed by atoms with Crippen molar-refractivity contribution in [3.8, 4) is 6.01 Å². The van der Waals surface area contributed by atoms with E-state index in [0.29, 0.717) is 18.0 Å². The summed E-state index contributed by atoms with van der Waals surface area (Å²) in [5.74, 6) is 1.34. The minimum absolute atomic E-state index is 0.299. The molecule has 1 unspecified atom stereocenters. The van der Waals surface area contributed by atoms with Gasteiger partial charge < -0.3 is 10.2 Å². The molecular formula is C19H27N9OS. The first kappa shape index (κ1) is 19.7. The molecular weight excluding hydrogens is 402 g/mol. The van der Waals surface area contributed by atoms with Crippen LogP contribution in [0.15, 0.2) is 30.7 Å². The molecule has 3 saturated heterocycles. The van der Waals surface area contributed by atoms with Crippen molar-refractivity contribution in [2.75, 3.05) is 48.7 Å². The molecule has 3 fully saturated rings. The first-order chi connectivity index (χ1) is 14.9. The van der Waals surface area contributed by atoms with Crippen molar-refractivity contribution in [1.29, 1.82) is 0 Å². The van der Waals surface area contributed by atoms with Crippen molar-refractivity contribution in [3.63, 3.8) is 0 Å². The van der Waals surface area contributed by atoms with Crippen molar-refractivity contribution in [3.05, 3.63) is 30.7 Å². The molecule has 10 nitrogen and oxygen atoms in total. The Morgan fingerprint density at radius 2 is 1.87 bits per heavy atom. The SMILES string of the molecule is c1cnc(N(Oc2nccc(N3CC4CNCCN4S3)n2)N2CCCCCC2)nc1. The second-order valence-corrected chi connectivity index (χ2v) is 8.69. The fourth-order valence-electron chi connectivity index (χ4n) is 3.93. The van der Waals surface area contributed by atoms with Crippen LogP contribution in [0.2, 0.25) is 0 Å². The Balaban J connectivity index is 1.35. The van der Waals surface area contributed by atoms with Crippen LogP contribution < -0.4 is 19.6 Å². The number of nitrogens with zero attached hydrogens (tertiary/aromatic N) is 8. The number of fused-ring (bicyclic) bond motifs is 1. The maximum atomic E-state index is 6.16. The predicted octanol–water partition coefficient (Wildman–Crippen LogP) is 1.51. The smallest absolute Gasteiger partial charge is 0.318 e. The van der Waals surface area contributed by atoms with Gasteiger partial charge >= 0.3 is 6.01 Å². The monoisotopic (exact) mass is 429 g/mol. The van der Waals surface area contributed by atoms with Gasteiger partial charge in [0.2, 0.25) is 0 Å². The Hall–Kier alpha value is -2.21. The highest BCUT2D eigenvalue weighted by Crippen LogP contribution is 2.33. The highest BCUT2D eigenvalue weighted by molar-refractivity contribution is 7.98. The fraction of sp³-hybridized carbons (Fsp3) is 0.579. The zero-order valence-electron chi connectivity index (χ0n) is 16.9. The zero-order valence-corrected chi connectivity index (χ0v) is 17.7. The summed E-state index contributed by atoms with van der Waals surface area (Å²) < 4.78 is 4.63. The first-order valence-electron chi connectivity index (χ1n) is 10.6. The van der Waals surface area contributed by atoms with Crippen molar-refractivity contribution in [1.82, 2.24) is 34.6 Å². The number of hydrogen-bond donors (Lipinski definition) is 1. The van der Waals surface area contributed by atoms with E-state index in [1.54, 1.807) is 42.0 Å². The van der Waals surface area contributed by atoms with Gasteiger partial charge in [0.15, 0.2) is 0 Å². The van der Waals surface area contributed by atoms with Crippen LogP contribution in [0.25, 0.3) is 0 Å². The van der Waals surface area contributed by atoms with Gasteiger partial charge in [0.1, 0.15) is 5.82 Å². The Morgan fingerprint density at radius 1 is 1.03 bits per heavy atom. The molecule has 5 rings (SSSR count). The minimum Gasteiger partial charge on any atom is -0.318 e. The lowest BCUT2D eigenvalue weighted by Crippen LogP contribution is -2.47. The molecule has 2 aromatic rings. The number of aromatic nitrogens is 4. The van der Waals surface area contributed by atoms with E-state index < -0.39 is 0 Å². The van der Waals surface area contributed by atoms with Gasteiger partial charge in [-0.3, -0.25) is 4.31 Å². The van der Waals surface area contributed by atoms with E-state index in [-0.39, 0.29) is 0 Å². The highest BCUT2D eigenvalue weighted by atomic mass is 32.2. The molecule has 30 heavy (non-hydrogen) atoms. The quantitative estimate of drug-likeness (QED) is 0.554. The van der Waals surface area contributed by atoms with Crippen LogP contribution >= 0.6 is 12.1 Å². The Labute approximate surface area is 180 Å². The van der Waals surface area contributed by atoms with Crippen LogP contribution in [-0.4, -0.2) is 74.6 Å². The van der Waals surface area contributed by atoms with Crippen LogP contribution in [0.1, 0.15) is 25.7 Å². The molecule has 160 valence electrons. The highest BCUT2D eigenvalue weighted by Gasteiger charge is 2.34. The Morgan fingerprint density at radius 3 is 2.67 bits per heavy atom. The lowest BCUT2D eigenvalue weighted by Gasteiger charge is -2.31. The van der Waals surface area contributed by atoms with Gasteiger partial charge in [-0.25, -0.2) is 19.3 Å². The number of rotatable bonds is 5. The van der Waals surface area contributed by atoms with E-state index in [4.69, 9.17) is 9.82 Å². The molecule has 11 heteroatoms. The number of piperazine rings is 1. The zero-order chi connectivity index (χ0) is 20.2. The lowest BCUT2D eigenvalue weighted by molar-refractivity contribution is 0.0755. The Bertz CT molecular complexity index is 807. The van der Waals surface area contributed by atoms with E-state index in [1.165, 1.54) is 12.8 Å². The van der Waals surface area contributed by atoms with Crippen LogP contribution in [-0.2, 0) is 0 Å². The molecule has 3 aliphatic rings. The summed E-state index contributed by atoms with van der Waals surface area (Å²) in [5.41, 5.74) is 0. The lowest BCUT2D eigenvalue weighted by atomic mass is 10.2. The first-order valence-corrected chi connectivity index (χ1v) is 11.4. The molecule has 1 N–H and O–H groups in total. The van der Waals surface area contributed by atoms with E-state index in [9.17, 15) is 0 Å². The van der Waals surface area contributed by atoms with Gasteiger partial charge in [-0.15, -0.1) is 0 Å². The fourth-order valence-corrected chi connectivity index (χ4v) is 5.06. The Kier molecular flexibility index (Phi) is 6.11. The van der Waals surface area contributed by atoms with Crippen molar-refractivity contribution >= 4 is 23.9 Å². The third-order valence-corrected chi connectivity index (χ3v) is 6.70. The number of hydrogen-bond acceptors (Lipinski definition) is 11. The molecule has 2 aromatic heterocycles. The topological polar surface area (TPSA) is 85.8 Å². The van der Waals surface area contributed by atoms with E-state index >= 15 is 0 Å². The standard InChI is InChI=1S/C19H27N9OS/c1-2-4-12-25(11-3-1)28(18-21-7-5-8-22-18)29-19-23-9-6-17(24-19)27-15-16-14-20-10-13-26(16)30-27/h5-9,16,20H,1-4,10-15H2. The third kappa shape index (κ3) is 4.43. The van der Waals surface area contributed by atoms with Crippen LogP contribution in [0.5, 0.6) is 6.01 Å². The van der Waals surface area contributed by atoms with Gasteiger partial charge in [0.25, 0.3) is 5.95 Å². The molecule has 5 heterocycles. The summed E-state index contributed by atoms with van der Waals surface area (Å²) in [6, 6.07) is 4.53. The second-order valence-electron chi connectivity index (χ2n) is 7.62. The normalized spacial score (nSPS) is 23.1. The van der Waals surface area contributed by atoms with E-state index in [1.807, 2.05) is 6.07 Å². The summed E-state index contributed by atoms with van der Waals surface area (Å²) in [4.78, 5) is 24.0. The van der Waals surface area contributed by atoms with Crippen LogP contribution in [0, 0.1) is 0 Å². The number of anilines is 2. The molecule has 0 amide bonds. The molecule has 0 spiro atoms.